The van der Waals surface area contributed by atoms with Crippen molar-refractivity contribution in [2.75, 3.05) is 11.9 Å². The number of nitrogens with one attached hydrogen (secondary N) is 1. The van der Waals surface area contributed by atoms with Crippen LogP contribution < -0.4 is 10.1 Å². The van der Waals surface area contributed by atoms with E-state index in [1.54, 1.807) is 6.07 Å². The number of hydrogen-bond acceptors (Lipinski definition) is 2. The molecule has 3 nitrogen and oxygen atoms in total. The molecule has 0 spiro atoms. The van der Waals surface area contributed by atoms with E-state index in [2.05, 4.69) is 12.2 Å². The van der Waals surface area contributed by atoms with Crippen molar-refractivity contribution >= 4 is 11.6 Å². The van der Waals surface area contributed by atoms with Crippen LogP contribution in [0.25, 0.3) is 0 Å². The van der Waals surface area contributed by atoms with Gasteiger partial charge in [0.05, 0.1) is 6.61 Å². The minimum Gasteiger partial charge on any atom is -0.494 e. The van der Waals surface area contributed by atoms with Crippen LogP contribution in [0.2, 0.25) is 0 Å². The number of anilines is 1. The third-order valence-electron chi connectivity index (χ3n) is 3.36. The molecule has 2 rings (SSSR count). The number of amides is 1. The quantitative estimate of drug-likeness (QED) is 0.892. The number of rotatable bonds is 5. The van der Waals surface area contributed by atoms with Crippen LogP contribution in [-0.4, -0.2) is 12.5 Å². The monoisotopic (exact) mass is 283 g/mol. The lowest BCUT2D eigenvalue weighted by molar-refractivity contribution is 0.102. The van der Waals surface area contributed by atoms with Crippen molar-refractivity contribution in [3.8, 4) is 5.75 Å². The second-order valence-electron chi connectivity index (χ2n) is 4.92. The molecule has 1 amide bonds. The Labute approximate surface area is 126 Å². The van der Waals surface area contributed by atoms with Gasteiger partial charge in [0, 0.05) is 11.3 Å². The second-order valence-corrected chi connectivity index (χ2v) is 4.92. The largest absolute Gasteiger partial charge is 0.494 e. The lowest BCUT2D eigenvalue weighted by atomic mass is 10.1. The van der Waals surface area contributed by atoms with E-state index in [1.165, 1.54) is 5.56 Å². The van der Waals surface area contributed by atoms with Gasteiger partial charge in [0.1, 0.15) is 5.75 Å². The number of carbonyl (C=O) groups is 1. The summed E-state index contributed by atoms with van der Waals surface area (Å²) < 4.78 is 5.48. The molecule has 0 unspecified atom stereocenters. The Morgan fingerprint density at radius 1 is 1.10 bits per heavy atom. The average Bonchev–Trinajstić information content (AvgIpc) is 2.50. The fourth-order valence-electron chi connectivity index (χ4n) is 2.14. The van der Waals surface area contributed by atoms with Gasteiger partial charge in [-0.15, -0.1) is 0 Å². The van der Waals surface area contributed by atoms with Crippen molar-refractivity contribution in [1.29, 1.82) is 0 Å². The van der Waals surface area contributed by atoms with Crippen LogP contribution in [0.4, 0.5) is 5.69 Å². The molecular weight excluding hydrogens is 262 g/mol. The Morgan fingerprint density at radius 2 is 1.81 bits per heavy atom. The average molecular weight is 283 g/mol. The van der Waals surface area contributed by atoms with Crippen molar-refractivity contribution < 1.29 is 9.53 Å². The maximum absolute atomic E-state index is 12.2. The molecule has 3 heteroatoms. The fourth-order valence-corrected chi connectivity index (χ4v) is 2.14. The van der Waals surface area contributed by atoms with E-state index in [0.29, 0.717) is 12.2 Å². The van der Waals surface area contributed by atoms with E-state index in [-0.39, 0.29) is 5.91 Å². The Bertz CT molecular complexity index is 618. The lowest BCUT2D eigenvalue weighted by Crippen LogP contribution is -2.12. The minimum absolute atomic E-state index is 0.106. The summed E-state index contributed by atoms with van der Waals surface area (Å²) in [7, 11) is 0. The molecule has 0 radical (unpaired) electrons. The first kappa shape index (κ1) is 15.1. The van der Waals surface area contributed by atoms with Crippen molar-refractivity contribution in [2.24, 2.45) is 0 Å². The van der Waals surface area contributed by atoms with Crippen molar-refractivity contribution in [3.05, 3.63) is 59.2 Å². The van der Waals surface area contributed by atoms with Gasteiger partial charge >= 0.3 is 0 Å². The maximum Gasteiger partial charge on any atom is 0.255 e. The molecule has 0 saturated carbocycles. The van der Waals surface area contributed by atoms with E-state index in [1.807, 2.05) is 50.2 Å². The van der Waals surface area contributed by atoms with Crippen LogP contribution in [0, 0.1) is 6.92 Å². The molecule has 0 aliphatic rings. The molecule has 0 fully saturated rings. The topological polar surface area (TPSA) is 38.3 Å². The molecule has 0 bridgehead atoms. The smallest absolute Gasteiger partial charge is 0.255 e. The van der Waals surface area contributed by atoms with Crippen LogP contribution in [0.3, 0.4) is 0 Å². The molecule has 2 aromatic rings. The fraction of sp³-hybridized carbons (Fsp3) is 0.278. The Balaban J connectivity index is 2.10. The van der Waals surface area contributed by atoms with Gasteiger partial charge in [-0.25, -0.2) is 0 Å². The van der Waals surface area contributed by atoms with Crippen molar-refractivity contribution in [3.63, 3.8) is 0 Å². The van der Waals surface area contributed by atoms with Crippen LogP contribution in [0.15, 0.2) is 42.5 Å². The van der Waals surface area contributed by atoms with Gasteiger partial charge in [0.25, 0.3) is 5.91 Å². The standard InChI is InChI=1S/C18H21NO2/c1-4-14-6-9-16(10-7-14)19-18(20)15-8-11-17(21-5-2)13(3)12-15/h6-12H,4-5H2,1-3H3,(H,19,20). The number of hydrogen-bond donors (Lipinski definition) is 1. The normalized spacial score (nSPS) is 10.2. The highest BCUT2D eigenvalue weighted by molar-refractivity contribution is 6.04. The Morgan fingerprint density at radius 3 is 2.38 bits per heavy atom. The number of benzene rings is 2. The molecule has 2 aromatic carbocycles. The van der Waals surface area contributed by atoms with E-state index >= 15 is 0 Å². The van der Waals surface area contributed by atoms with Gasteiger partial charge in [-0.1, -0.05) is 19.1 Å². The van der Waals surface area contributed by atoms with Gasteiger partial charge < -0.3 is 10.1 Å². The molecule has 21 heavy (non-hydrogen) atoms. The molecule has 110 valence electrons. The molecule has 0 aliphatic carbocycles. The Hall–Kier alpha value is -2.29. The molecule has 0 aliphatic heterocycles. The summed E-state index contributed by atoms with van der Waals surface area (Å²) in [5.41, 5.74) is 3.66. The summed E-state index contributed by atoms with van der Waals surface area (Å²) in [6, 6.07) is 13.4. The molecule has 0 atom stereocenters. The molecule has 1 N–H and O–H groups in total. The van der Waals surface area contributed by atoms with Gasteiger partial charge in [-0.2, -0.15) is 0 Å². The molecule has 0 aromatic heterocycles. The first-order valence-corrected chi connectivity index (χ1v) is 7.27. The zero-order valence-corrected chi connectivity index (χ0v) is 12.8. The number of aryl methyl sites for hydroxylation is 2. The third kappa shape index (κ3) is 3.85. The zero-order valence-electron chi connectivity index (χ0n) is 12.8. The number of ether oxygens (including phenoxy) is 1. The van der Waals surface area contributed by atoms with Crippen LogP contribution in [0.1, 0.15) is 35.3 Å². The van der Waals surface area contributed by atoms with Crippen LogP contribution in [0.5, 0.6) is 5.75 Å². The highest BCUT2D eigenvalue weighted by Gasteiger charge is 2.08. The van der Waals surface area contributed by atoms with Crippen molar-refractivity contribution in [2.45, 2.75) is 27.2 Å². The minimum atomic E-state index is -0.106. The van der Waals surface area contributed by atoms with Gasteiger partial charge in [-0.3, -0.25) is 4.79 Å². The van der Waals surface area contributed by atoms with E-state index in [9.17, 15) is 4.79 Å². The predicted molar refractivity (Wildman–Crippen MR) is 86.1 cm³/mol. The Kier molecular flexibility index (Phi) is 4.99. The second kappa shape index (κ2) is 6.93. The molecule has 0 saturated heterocycles. The van der Waals surface area contributed by atoms with Gasteiger partial charge in [0.15, 0.2) is 0 Å². The van der Waals surface area contributed by atoms with E-state index in [4.69, 9.17) is 4.74 Å². The van der Waals surface area contributed by atoms with E-state index < -0.39 is 0 Å². The highest BCUT2D eigenvalue weighted by atomic mass is 16.5. The summed E-state index contributed by atoms with van der Waals surface area (Å²) in [6.07, 6.45) is 0.992. The van der Waals surface area contributed by atoms with Crippen molar-refractivity contribution in [1.82, 2.24) is 0 Å². The molecule has 0 heterocycles. The zero-order chi connectivity index (χ0) is 15.2. The first-order chi connectivity index (χ1) is 10.1. The maximum atomic E-state index is 12.2. The van der Waals surface area contributed by atoms with Gasteiger partial charge in [0.2, 0.25) is 0 Å². The van der Waals surface area contributed by atoms with E-state index in [0.717, 1.165) is 23.4 Å². The van der Waals surface area contributed by atoms with Gasteiger partial charge in [-0.05, 0) is 61.7 Å². The van der Waals surface area contributed by atoms with Crippen LogP contribution >= 0.6 is 0 Å². The summed E-state index contributed by atoms with van der Waals surface area (Å²) in [6.45, 7) is 6.62. The number of carbonyl (C=O) groups excluding carboxylic acids is 1. The predicted octanol–water partition coefficient (Wildman–Crippen LogP) is 4.21. The molecular formula is C18H21NO2. The first-order valence-electron chi connectivity index (χ1n) is 7.27. The summed E-state index contributed by atoms with van der Waals surface area (Å²) in [5.74, 6) is 0.715. The summed E-state index contributed by atoms with van der Waals surface area (Å²) >= 11 is 0. The highest BCUT2D eigenvalue weighted by Crippen LogP contribution is 2.20. The SMILES string of the molecule is CCOc1ccc(C(=O)Nc2ccc(CC)cc2)cc1C. The van der Waals surface area contributed by atoms with Crippen LogP contribution in [-0.2, 0) is 6.42 Å². The third-order valence-corrected chi connectivity index (χ3v) is 3.36. The summed E-state index contributed by atoms with van der Waals surface area (Å²) in [4.78, 5) is 12.2. The lowest BCUT2D eigenvalue weighted by Gasteiger charge is -2.10. The summed E-state index contributed by atoms with van der Waals surface area (Å²) in [5, 5.41) is 2.91.